The molecule has 1 atom stereocenters. The van der Waals surface area contributed by atoms with E-state index >= 15 is 0 Å². The van der Waals surface area contributed by atoms with E-state index in [1.165, 1.54) is 0 Å². The first kappa shape index (κ1) is 30.5. The average Bonchev–Trinajstić information content (AvgIpc) is 2.97. The van der Waals surface area contributed by atoms with Crippen LogP contribution < -0.4 is 10.1 Å². The number of aromatic nitrogens is 1. The average molecular weight is 591 g/mol. The minimum atomic E-state index is 0. The molecule has 0 fully saturated rings. The Balaban J connectivity index is 0.00000387. The number of halogens is 2. The number of hydrogen-bond acceptors (Lipinski definition) is 6. The number of hydrogen-bond donors (Lipinski definition) is 1. The zero-order valence-electron chi connectivity index (χ0n) is 24.0. The van der Waals surface area contributed by atoms with Gasteiger partial charge in [0.05, 0.1) is 29.5 Å². The molecule has 214 valence electrons. The van der Waals surface area contributed by atoms with Gasteiger partial charge in [-0.1, -0.05) is 61.8 Å². The molecule has 0 spiro atoms. The number of ether oxygens (including phenoxy) is 1. The standard InChI is InChI=1S/C33H36ClN5O.ClH/c1-5-39(6-2)18-10-11-22(3)35-33-26-17-16-24(34)19-29(26)36-30-21-31(32(40-4)20-27(30)33)38-37-28-15-9-13-23-12-7-8-14-25(23)28;/h7-9,12-17,19-22H,5-6,10-11,18H2,1-4H3,(H,35,36);1H. The van der Waals surface area contributed by atoms with Crippen LogP contribution in [-0.2, 0) is 0 Å². The van der Waals surface area contributed by atoms with Gasteiger partial charge in [0, 0.05) is 27.2 Å². The molecule has 0 aliphatic rings. The zero-order chi connectivity index (χ0) is 28.1. The number of benzene rings is 4. The van der Waals surface area contributed by atoms with Crippen molar-refractivity contribution in [1.82, 2.24) is 9.88 Å². The lowest BCUT2D eigenvalue weighted by atomic mass is 10.0. The third-order valence-corrected chi connectivity index (χ3v) is 7.70. The maximum Gasteiger partial charge on any atom is 0.147 e. The van der Waals surface area contributed by atoms with Crippen molar-refractivity contribution in [1.29, 1.82) is 0 Å². The summed E-state index contributed by atoms with van der Waals surface area (Å²) in [5.41, 5.74) is 4.09. The predicted molar refractivity (Wildman–Crippen MR) is 176 cm³/mol. The van der Waals surface area contributed by atoms with Crippen molar-refractivity contribution in [3.8, 4) is 5.75 Å². The van der Waals surface area contributed by atoms with Gasteiger partial charge in [-0.25, -0.2) is 4.98 Å². The number of methoxy groups -OCH3 is 1. The Labute approximate surface area is 253 Å². The molecule has 5 aromatic rings. The van der Waals surface area contributed by atoms with Gasteiger partial charge in [0.2, 0.25) is 0 Å². The van der Waals surface area contributed by atoms with E-state index in [0.29, 0.717) is 16.5 Å². The van der Waals surface area contributed by atoms with Gasteiger partial charge >= 0.3 is 0 Å². The predicted octanol–water partition coefficient (Wildman–Crippen LogP) is 9.96. The number of azo groups is 1. The van der Waals surface area contributed by atoms with Crippen LogP contribution in [0.3, 0.4) is 0 Å². The molecule has 4 aromatic carbocycles. The first-order valence-electron chi connectivity index (χ1n) is 14.0. The van der Waals surface area contributed by atoms with E-state index < -0.39 is 0 Å². The van der Waals surface area contributed by atoms with Gasteiger partial charge in [-0.3, -0.25) is 0 Å². The SMILES string of the molecule is CCN(CC)CCCC(C)Nc1c2ccc(Cl)cc2nc2cc(N=Nc3cccc4ccccc34)c(OC)cc12.Cl. The summed E-state index contributed by atoms with van der Waals surface area (Å²) in [4.78, 5) is 7.43. The topological polar surface area (TPSA) is 62.1 Å². The van der Waals surface area contributed by atoms with Gasteiger partial charge in [0.15, 0.2) is 0 Å². The monoisotopic (exact) mass is 589 g/mol. The van der Waals surface area contributed by atoms with E-state index in [9.17, 15) is 0 Å². The summed E-state index contributed by atoms with van der Waals surface area (Å²) in [5.74, 6) is 0.642. The van der Waals surface area contributed by atoms with E-state index in [1.54, 1.807) is 7.11 Å². The lowest BCUT2D eigenvalue weighted by Crippen LogP contribution is -2.25. The molecular formula is C33H37Cl2N5O. The van der Waals surface area contributed by atoms with E-state index in [-0.39, 0.29) is 18.4 Å². The Morgan fingerprint density at radius 3 is 2.39 bits per heavy atom. The summed E-state index contributed by atoms with van der Waals surface area (Å²) < 4.78 is 5.80. The molecule has 1 unspecified atom stereocenters. The number of pyridine rings is 1. The zero-order valence-corrected chi connectivity index (χ0v) is 25.6. The molecule has 0 saturated heterocycles. The van der Waals surface area contributed by atoms with E-state index in [4.69, 9.17) is 21.3 Å². The van der Waals surface area contributed by atoms with Gasteiger partial charge < -0.3 is 15.0 Å². The van der Waals surface area contributed by atoms with Crippen molar-refractivity contribution < 1.29 is 4.74 Å². The molecule has 0 aliphatic carbocycles. The van der Waals surface area contributed by atoms with Gasteiger partial charge in [-0.15, -0.1) is 22.6 Å². The fraction of sp³-hybridized carbons (Fsp3) is 0.303. The molecule has 0 bridgehead atoms. The van der Waals surface area contributed by atoms with Crippen LogP contribution in [0, 0.1) is 0 Å². The van der Waals surface area contributed by atoms with E-state index in [2.05, 4.69) is 59.4 Å². The molecule has 1 aromatic heterocycles. The highest BCUT2D eigenvalue weighted by Crippen LogP contribution is 2.40. The van der Waals surface area contributed by atoms with Crippen LogP contribution in [0.15, 0.2) is 83.0 Å². The second kappa shape index (κ2) is 13.9. The summed E-state index contributed by atoms with van der Waals surface area (Å²) in [6.07, 6.45) is 2.19. The highest BCUT2D eigenvalue weighted by molar-refractivity contribution is 6.31. The Kier molecular flexibility index (Phi) is 10.4. The first-order valence-corrected chi connectivity index (χ1v) is 14.4. The lowest BCUT2D eigenvalue weighted by Gasteiger charge is -2.22. The van der Waals surface area contributed by atoms with Crippen molar-refractivity contribution in [3.05, 3.63) is 77.8 Å². The number of rotatable bonds is 11. The second-order valence-corrected chi connectivity index (χ2v) is 10.5. The lowest BCUT2D eigenvalue weighted by molar-refractivity contribution is 0.295. The van der Waals surface area contributed by atoms with Crippen molar-refractivity contribution in [2.24, 2.45) is 10.2 Å². The summed E-state index contributed by atoms with van der Waals surface area (Å²) >= 11 is 6.38. The van der Waals surface area contributed by atoms with Crippen molar-refractivity contribution in [3.63, 3.8) is 0 Å². The maximum absolute atomic E-state index is 6.38. The molecule has 1 N–H and O–H groups in total. The minimum Gasteiger partial charge on any atom is -0.494 e. The van der Waals surface area contributed by atoms with Gasteiger partial charge in [0.25, 0.3) is 0 Å². The van der Waals surface area contributed by atoms with Crippen LogP contribution in [0.25, 0.3) is 32.6 Å². The van der Waals surface area contributed by atoms with Gasteiger partial charge in [-0.2, -0.15) is 0 Å². The summed E-state index contributed by atoms with van der Waals surface area (Å²) in [7, 11) is 1.66. The molecule has 5 rings (SSSR count). The molecule has 0 aliphatic heterocycles. The highest BCUT2D eigenvalue weighted by Gasteiger charge is 2.16. The molecule has 0 radical (unpaired) electrons. The molecule has 8 heteroatoms. The fourth-order valence-electron chi connectivity index (χ4n) is 5.21. The minimum absolute atomic E-state index is 0. The molecule has 6 nitrogen and oxygen atoms in total. The number of fused-ring (bicyclic) bond motifs is 3. The van der Waals surface area contributed by atoms with Gasteiger partial charge in [0.1, 0.15) is 11.4 Å². The summed E-state index contributed by atoms with van der Waals surface area (Å²) in [5, 5.41) is 17.8. The Hall–Kier alpha value is -3.45. The van der Waals surface area contributed by atoms with Crippen LogP contribution in [0.2, 0.25) is 5.02 Å². The Morgan fingerprint density at radius 1 is 0.878 bits per heavy atom. The fourth-order valence-corrected chi connectivity index (χ4v) is 5.38. The van der Waals surface area contributed by atoms with Crippen LogP contribution in [0.5, 0.6) is 5.75 Å². The summed E-state index contributed by atoms with van der Waals surface area (Å²) in [6, 6.07) is 24.3. The molecule has 0 saturated carbocycles. The second-order valence-electron chi connectivity index (χ2n) is 10.1. The van der Waals surface area contributed by atoms with Crippen LogP contribution >= 0.6 is 24.0 Å². The quantitative estimate of drug-likeness (QED) is 0.123. The number of nitrogens with one attached hydrogen (secondary N) is 1. The normalized spacial score (nSPS) is 12.3. The van der Waals surface area contributed by atoms with Crippen molar-refractivity contribution in [2.45, 2.75) is 39.7 Å². The smallest absolute Gasteiger partial charge is 0.147 e. The number of nitrogens with zero attached hydrogens (tertiary/aromatic N) is 4. The largest absolute Gasteiger partial charge is 0.494 e. The highest BCUT2D eigenvalue weighted by atomic mass is 35.5. The third kappa shape index (κ3) is 6.89. The third-order valence-electron chi connectivity index (χ3n) is 7.47. The van der Waals surface area contributed by atoms with Crippen molar-refractivity contribution in [2.75, 3.05) is 32.1 Å². The first-order chi connectivity index (χ1) is 19.5. The molecule has 1 heterocycles. The Morgan fingerprint density at radius 2 is 1.61 bits per heavy atom. The van der Waals surface area contributed by atoms with Crippen LogP contribution in [0.4, 0.5) is 17.1 Å². The van der Waals surface area contributed by atoms with Gasteiger partial charge in [-0.05, 0) is 81.2 Å². The van der Waals surface area contributed by atoms with E-state index in [1.807, 2.05) is 54.6 Å². The number of anilines is 1. The summed E-state index contributed by atoms with van der Waals surface area (Å²) in [6.45, 7) is 9.94. The Bertz CT molecular complexity index is 1660. The van der Waals surface area contributed by atoms with Crippen molar-refractivity contribution >= 4 is 73.6 Å². The molecular weight excluding hydrogens is 553 g/mol. The van der Waals surface area contributed by atoms with Crippen LogP contribution in [-0.4, -0.2) is 42.7 Å². The maximum atomic E-state index is 6.38. The van der Waals surface area contributed by atoms with E-state index in [0.717, 1.165) is 76.4 Å². The molecule has 0 amide bonds. The molecule has 41 heavy (non-hydrogen) atoms. The van der Waals surface area contributed by atoms with Crippen LogP contribution in [0.1, 0.15) is 33.6 Å².